The van der Waals surface area contributed by atoms with Crippen molar-refractivity contribution >= 4 is 0 Å². The molecule has 0 aromatic heterocycles. The number of ether oxygens (including phenoxy) is 1. The molecule has 0 saturated heterocycles. The van der Waals surface area contributed by atoms with Gasteiger partial charge in [-0.15, -0.1) is 0 Å². The van der Waals surface area contributed by atoms with Crippen LogP contribution in [0.1, 0.15) is 46.5 Å². The normalized spacial score (nSPS) is 29.5. The number of hydrogen-bond donors (Lipinski definition) is 0. The minimum atomic E-state index is 0.848. The van der Waals surface area contributed by atoms with Crippen LogP contribution in [-0.4, -0.2) is 13.2 Å². The number of rotatable bonds is 4. The smallest absolute Gasteiger partial charge is 0.0494 e. The molecule has 1 fully saturated rings. The minimum absolute atomic E-state index is 0.848. The Labute approximate surface area is 82.9 Å². The van der Waals surface area contributed by atoms with Gasteiger partial charge in [-0.05, 0) is 37.5 Å². The van der Waals surface area contributed by atoms with E-state index in [0.29, 0.717) is 0 Å². The Morgan fingerprint density at radius 3 is 2.69 bits per heavy atom. The molecule has 1 aliphatic carbocycles. The van der Waals surface area contributed by atoms with Crippen LogP contribution in [0.4, 0.5) is 0 Å². The molecule has 2 atom stereocenters. The van der Waals surface area contributed by atoms with Gasteiger partial charge in [-0.1, -0.05) is 26.7 Å². The van der Waals surface area contributed by atoms with E-state index < -0.39 is 0 Å². The third-order valence-electron chi connectivity index (χ3n) is 3.32. The Bertz CT molecular complexity index is 131. The van der Waals surface area contributed by atoms with Crippen molar-refractivity contribution in [3.05, 3.63) is 0 Å². The fraction of sp³-hybridized carbons (Fsp3) is 1.00. The van der Waals surface area contributed by atoms with Gasteiger partial charge in [0.15, 0.2) is 0 Å². The molecular formula is C12H24O. The first kappa shape index (κ1) is 11.0. The van der Waals surface area contributed by atoms with Crippen molar-refractivity contribution in [2.45, 2.75) is 46.5 Å². The zero-order valence-electron chi connectivity index (χ0n) is 9.38. The average Bonchev–Trinajstić information content (AvgIpc) is 2.15. The van der Waals surface area contributed by atoms with Gasteiger partial charge in [-0.3, -0.25) is 0 Å². The second-order valence-corrected chi connectivity index (χ2v) is 4.70. The summed E-state index contributed by atoms with van der Waals surface area (Å²) in [7, 11) is 0. The lowest BCUT2D eigenvalue weighted by atomic mass is 9.76. The summed E-state index contributed by atoms with van der Waals surface area (Å²) in [4.78, 5) is 0. The van der Waals surface area contributed by atoms with Gasteiger partial charge < -0.3 is 4.74 Å². The lowest BCUT2D eigenvalue weighted by Gasteiger charge is -2.31. The lowest BCUT2D eigenvalue weighted by molar-refractivity contribution is 0.0755. The minimum Gasteiger partial charge on any atom is -0.381 e. The Hall–Kier alpha value is -0.0400. The van der Waals surface area contributed by atoms with Crippen LogP contribution < -0.4 is 0 Å². The van der Waals surface area contributed by atoms with Crippen molar-refractivity contribution < 1.29 is 4.74 Å². The molecule has 0 spiro atoms. The zero-order valence-corrected chi connectivity index (χ0v) is 9.38. The van der Waals surface area contributed by atoms with Gasteiger partial charge in [0.2, 0.25) is 0 Å². The molecule has 0 aromatic carbocycles. The van der Waals surface area contributed by atoms with Gasteiger partial charge in [-0.2, -0.15) is 0 Å². The van der Waals surface area contributed by atoms with Crippen molar-refractivity contribution in [3.8, 4) is 0 Å². The van der Waals surface area contributed by atoms with E-state index in [-0.39, 0.29) is 0 Å². The summed E-state index contributed by atoms with van der Waals surface area (Å²) < 4.78 is 5.50. The van der Waals surface area contributed by atoms with Crippen LogP contribution in [0, 0.1) is 17.8 Å². The van der Waals surface area contributed by atoms with Crippen molar-refractivity contribution in [2.75, 3.05) is 13.2 Å². The van der Waals surface area contributed by atoms with Gasteiger partial charge in [0.1, 0.15) is 0 Å². The quantitative estimate of drug-likeness (QED) is 0.650. The van der Waals surface area contributed by atoms with Crippen molar-refractivity contribution in [3.63, 3.8) is 0 Å². The second kappa shape index (κ2) is 5.64. The van der Waals surface area contributed by atoms with E-state index in [1.54, 1.807) is 0 Å². The van der Waals surface area contributed by atoms with Crippen LogP contribution in [0.25, 0.3) is 0 Å². The molecule has 13 heavy (non-hydrogen) atoms. The fourth-order valence-corrected chi connectivity index (χ4v) is 2.37. The molecule has 0 N–H and O–H groups in total. The van der Waals surface area contributed by atoms with Gasteiger partial charge in [0.05, 0.1) is 0 Å². The first-order valence-corrected chi connectivity index (χ1v) is 5.81. The van der Waals surface area contributed by atoms with Gasteiger partial charge >= 0.3 is 0 Å². The van der Waals surface area contributed by atoms with E-state index in [4.69, 9.17) is 4.74 Å². The van der Waals surface area contributed by atoms with E-state index in [0.717, 1.165) is 31.0 Å². The third kappa shape index (κ3) is 3.68. The number of hydrogen-bond acceptors (Lipinski definition) is 1. The molecule has 0 radical (unpaired) electrons. The molecule has 78 valence electrons. The second-order valence-electron chi connectivity index (χ2n) is 4.70. The van der Waals surface area contributed by atoms with Gasteiger partial charge in [0, 0.05) is 13.2 Å². The first-order chi connectivity index (χ1) is 6.24. The van der Waals surface area contributed by atoms with Crippen LogP contribution in [0.3, 0.4) is 0 Å². The zero-order chi connectivity index (χ0) is 9.68. The Morgan fingerprint density at radius 1 is 1.31 bits per heavy atom. The molecule has 1 heteroatoms. The first-order valence-electron chi connectivity index (χ1n) is 5.81. The Morgan fingerprint density at radius 2 is 2.08 bits per heavy atom. The van der Waals surface area contributed by atoms with Crippen LogP contribution >= 0.6 is 0 Å². The van der Waals surface area contributed by atoms with E-state index in [1.165, 1.54) is 25.7 Å². The summed E-state index contributed by atoms with van der Waals surface area (Å²) in [5, 5.41) is 0. The highest BCUT2D eigenvalue weighted by atomic mass is 16.5. The highest BCUT2D eigenvalue weighted by molar-refractivity contribution is 4.74. The fourth-order valence-electron chi connectivity index (χ4n) is 2.37. The predicted molar refractivity (Wildman–Crippen MR) is 56.8 cm³/mol. The van der Waals surface area contributed by atoms with Gasteiger partial charge in [-0.25, -0.2) is 0 Å². The molecule has 0 heterocycles. The van der Waals surface area contributed by atoms with Crippen molar-refractivity contribution in [1.29, 1.82) is 0 Å². The topological polar surface area (TPSA) is 9.23 Å². The maximum atomic E-state index is 5.50. The third-order valence-corrected chi connectivity index (χ3v) is 3.32. The summed E-state index contributed by atoms with van der Waals surface area (Å²) in [5.74, 6) is 2.67. The van der Waals surface area contributed by atoms with Crippen LogP contribution in [0.5, 0.6) is 0 Å². The van der Waals surface area contributed by atoms with Crippen LogP contribution in [0.2, 0.25) is 0 Å². The van der Waals surface area contributed by atoms with E-state index >= 15 is 0 Å². The molecule has 0 bridgehead atoms. The molecule has 0 aliphatic heterocycles. The van der Waals surface area contributed by atoms with Crippen LogP contribution in [0.15, 0.2) is 0 Å². The SMILES string of the molecule is CCOC[C@@H]1CCC[C@@H](C(C)C)C1. The van der Waals surface area contributed by atoms with Crippen molar-refractivity contribution in [2.24, 2.45) is 17.8 Å². The monoisotopic (exact) mass is 184 g/mol. The van der Waals surface area contributed by atoms with E-state index in [2.05, 4.69) is 20.8 Å². The lowest BCUT2D eigenvalue weighted by Crippen LogP contribution is -2.22. The summed E-state index contributed by atoms with van der Waals surface area (Å²) in [6.45, 7) is 8.67. The maximum Gasteiger partial charge on any atom is 0.0494 e. The summed E-state index contributed by atoms with van der Waals surface area (Å²) in [6, 6.07) is 0. The molecule has 1 saturated carbocycles. The van der Waals surface area contributed by atoms with Crippen molar-refractivity contribution in [1.82, 2.24) is 0 Å². The molecule has 0 aromatic rings. The molecule has 0 amide bonds. The Kier molecular flexibility index (Phi) is 4.79. The van der Waals surface area contributed by atoms with Gasteiger partial charge in [0.25, 0.3) is 0 Å². The molecule has 1 aliphatic rings. The maximum absolute atomic E-state index is 5.50. The molecule has 1 rings (SSSR count). The molecular weight excluding hydrogens is 160 g/mol. The highest BCUT2D eigenvalue weighted by Crippen LogP contribution is 2.33. The summed E-state index contributed by atoms with van der Waals surface area (Å²) >= 11 is 0. The average molecular weight is 184 g/mol. The Balaban J connectivity index is 2.25. The summed E-state index contributed by atoms with van der Waals surface area (Å²) in [6.07, 6.45) is 5.65. The molecule has 0 unspecified atom stereocenters. The predicted octanol–water partition coefficient (Wildman–Crippen LogP) is 3.49. The van der Waals surface area contributed by atoms with E-state index in [9.17, 15) is 0 Å². The summed E-state index contributed by atoms with van der Waals surface area (Å²) in [5.41, 5.74) is 0. The largest absolute Gasteiger partial charge is 0.381 e. The standard InChI is InChI=1S/C12H24O/c1-4-13-9-11-6-5-7-12(8-11)10(2)3/h10-12H,4-9H2,1-3H3/t11-,12-/m1/s1. The highest BCUT2D eigenvalue weighted by Gasteiger charge is 2.23. The van der Waals surface area contributed by atoms with E-state index in [1.807, 2.05) is 0 Å². The molecule has 1 nitrogen and oxygen atoms in total. The van der Waals surface area contributed by atoms with Crippen LogP contribution in [-0.2, 0) is 4.74 Å².